The Labute approximate surface area is 173 Å². The van der Waals surface area contributed by atoms with Crippen LogP contribution in [0.2, 0.25) is 0 Å². The first-order valence-electron chi connectivity index (χ1n) is 10.5. The van der Waals surface area contributed by atoms with Crippen molar-refractivity contribution < 1.29 is 14.3 Å². The summed E-state index contributed by atoms with van der Waals surface area (Å²) in [5, 5.41) is 0. The molecule has 1 saturated carbocycles. The van der Waals surface area contributed by atoms with E-state index >= 15 is 0 Å². The van der Waals surface area contributed by atoms with Gasteiger partial charge >= 0.3 is 0 Å². The van der Waals surface area contributed by atoms with Gasteiger partial charge in [-0.15, -0.1) is 0 Å². The molecule has 1 aliphatic heterocycles. The van der Waals surface area contributed by atoms with E-state index in [-0.39, 0.29) is 17.9 Å². The van der Waals surface area contributed by atoms with Gasteiger partial charge in [-0.3, -0.25) is 4.79 Å². The average molecular weight is 394 g/mol. The first kappa shape index (κ1) is 19.8. The number of carbonyl (C=O) groups excluding carboxylic acids is 1. The van der Waals surface area contributed by atoms with E-state index in [4.69, 9.17) is 9.47 Å². The van der Waals surface area contributed by atoms with Gasteiger partial charge in [-0.1, -0.05) is 38.5 Å². The Balaban J connectivity index is 1.32. The van der Waals surface area contributed by atoms with Gasteiger partial charge in [0.1, 0.15) is 17.2 Å². The van der Waals surface area contributed by atoms with E-state index in [0.717, 1.165) is 30.9 Å². The number of ether oxygens (including phenoxy) is 2. The van der Waals surface area contributed by atoms with Gasteiger partial charge in [0.2, 0.25) is 0 Å². The van der Waals surface area contributed by atoms with Crippen LogP contribution in [0.4, 0.5) is 0 Å². The van der Waals surface area contributed by atoms with Gasteiger partial charge in [0.25, 0.3) is 5.91 Å². The number of amides is 1. The second-order valence-corrected chi connectivity index (χ2v) is 9.91. The number of rotatable bonds is 5. The lowest BCUT2D eigenvalue weighted by atomic mass is 9.65. The Kier molecular flexibility index (Phi) is 5.05. The minimum absolute atomic E-state index is 0.0885. The van der Waals surface area contributed by atoms with E-state index in [1.165, 1.54) is 12.0 Å². The second-order valence-electron chi connectivity index (χ2n) is 9.91. The van der Waals surface area contributed by atoms with Crippen LogP contribution in [-0.2, 0) is 4.79 Å². The molecule has 4 nitrogen and oxygen atoms in total. The molecule has 2 bridgehead atoms. The number of likely N-dealkylation sites (tertiary alicyclic amines) is 1. The molecule has 0 aromatic heterocycles. The molecule has 0 N–H and O–H groups in total. The number of hydrogen-bond acceptors (Lipinski definition) is 3. The Hall–Kier alpha value is -2.49. The maximum Gasteiger partial charge on any atom is 0.260 e. The summed E-state index contributed by atoms with van der Waals surface area (Å²) in [5.41, 5.74) is 1.75. The summed E-state index contributed by atoms with van der Waals surface area (Å²) in [6, 6.07) is 15.7. The summed E-state index contributed by atoms with van der Waals surface area (Å²) in [6.07, 6.45) is 3.39. The van der Waals surface area contributed by atoms with Crippen LogP contribution in [0, 0.1) is 17.8 Å². The van der Waals surface area contributed by atoms with Crippen molar-refractivity contribution >= 4 is 5.91 Å². The molecule has 0 unspecified atom stereocenters. The molecule has 4 rings (SSSR count). The molecule has 154 valence electrons. The molecule has 2 fully saturated rings. The second kappa shape index (κ2) is 7.40. The monoisotopic (exact) mass is 393 g/mol. The summed E-state index contributed by atoms with van der Waals surface area (Å²) in [6.45, 7) is 9.96. The minimum atomic E-state index is 0.0885. The fourth-order valence-electron chi connectivity index (χ4n) is 5.33. The molecule has 2 aromatic rings. The Morgan fingerprint density at radius 2 is 1.55 bits per heavy atom. The van der Waals surface area contributed by atoms with Gasteiger partial charge in [-0.25, -0.2) is 0 Å². The molecule has 1 amide bonds. The lowest BCUT2D eigenvalue weighted by Crippen LogP contribution is -2.40. The predicted octanol–water partition coefficient (Wildman–Crippen LogP) is 5.59. The summed E-state index contributed by atoms with van der Waals surface area (Å²) in [7, 11) is 0. The van der Waals surface area contributed by atoms with Crippen molar-refractivity contribution in [2.45, 2.75) is 53.0 Å². The number of carbonyl (C=O) groups is 1. The fraction of sp³-hybridized carbons (Fsp3) is 0.480. The van der Waals surface area contributed by atoms with Gasteiger partial charge in [0, 0.05) is 12.6 Å². The van der Waals surface area contributed by atoms with Crippen molar-refractivity contribution in [3.63, 3.8) is 0 Å². The van der Waals surface area contributed by atoms with Crippen LogP contribution >= 0.6 is 0 Å². The van der Waals surface area contributed by atoms with Crippen molar-refractivity contribution in [2.75, 3.05) is 13.2 Å². The Morgan fingerprint density at radius 1 is 0.966 bits per heavy atom. The Bertz CT molecular complexity index is 872. The van der Waals surface area contributed by atoms with Crippen molar-refractivity contribution in [1.82, 2.24) is 4.90 Å². The maximum atomic E-state index is 12.8. The molecule has 29 heavy (non-hydrogen) atoms. The summed E-state index contributed by atoms with van der Waals surface area (Å²) in [4.78, 5) is 14.9. The van der Waals surface area contributed by atoms with Crippen LogP contribution in [0.3, 0.4) is 0 Å². The van der Waals surface area contributed by atoms with E-state index in [2.05, 4.69) is 25.7 Å². The van der Waals surface area contributed by atoms with Gasteiger partial charge in [0.15, 0.2) is 6.61 Å². The van der Waals surface area contributed by atoms with Crippen LogP contribution in [0.25, 0.3) is 0 Å². The first-order chi connectivity index (χ1) is 13.7. The molecule has 0 radical (unpaired) electrons. The number of nitrogens with zero attached hydrogens (tertiary/aromatic N) is 1. The van der Waals surface area contributed by atoms with Gasteiger partial charge in [0.05, 0.1) is 0 Å². The topological polar surface area (TPSA) is 38.8 Å². The third-order valence-electron chi connectivity index (χ3n) is 6.18. The van der Waals surface area contributed by atoms with Crippen molar-refractivity contribution in [1.29, 1.82) is 0 Å². The summed E-state index contributed by atoms with van der Waals surface area (Å²) in [5.74, 6) is 2.33. The highest BCUT2D eigenvalue weighted by Gasteiger charge is 2.50. The number of hydrogen-bond donors (Lipinski definition) is 0. The zero-order valence-corrected chi connectivity index (χ0v) is 17.9. The molecule has 1 aliphatic carbocycles. The largest absolute Gasteiger partial charge is 0.484 e. The van der Waals surface area contributed by atoms with E-state index in [1.807, 2.05) is 55.5 Å². The van der Waals surface area contributed by atoms with Crippen LogP contribution in [0.1, 0.15) is 45.6 Å². The van der Waals surface area contributed by atoms with Crippen molar-refractivity contribution in [2.24, 2.45) is 10.8 Å². The van der Waals surface area contributed by atoms with E-state index in [0.29, 0.717) is 17.2 Å². The van der Waals surface area contributed by atoms with E-state index in [9.17, 15) is 4.79 Å². The normalized spacial score (nSPS) is 25.0. The van der Waals surface area contributed by atoms with Gasteiger partial charge in [-0.2, -0.15) is 0 Å². The maximum absolute atomic E-state index is 12.8. The molecule has 4 heteroatoms. The van der Waals surface area contributed by atoms with Crippen LogP contribution in [-0.4, -0.2) is 30.0 Å². The molecule has 2 aliphatic rings. The third-order valence-corrected chi connectivity index (χ3v) is 6.18. The lowest BCUT2D eigenvalue weighted by Gasteiger charge is -2.39. The lowest BCUT2D eigenvalue weighted by molar-refractivity contribution is -0.134. The Morgan fingerprint density at radius 3 is 2.21 bits per heavy atom. The molecular formula is C25H31NO3. The third kappa shape index (κ3) is 4.58. The smallest absolute Gasteiger partial charge is 0.260 e. The number of aryl methyl sites for hydroxylation is 1. The number of benzene rings is 2. The minimum Gasteiger partial charge on any atom is -0.484 e. The zero-order valence-electron chi connectivity index (χ0n) is 17.9. The molecule has 1 heterocycles. The van der Waals surface area contributed by atoms with Crippen LogP contribution in [0.15, 0.2) is 48.5 Å². The summed E-state index contributed by atoms with van der Waals surface area (Å²) < 4.78 is 11.6. The van der Waals surface area contributed by atoms with E-state index < -0.39 is 0 Å². The molecule has 1 saturated heterocycles. The van der Waals surface area contributed by atoms with Crippen LogP contribution in [0.5, 0.6) is 17.2 Å². The number of fused-ring (bicyclic) bond motifs is 2. The summed E-state index contributed by atoms with van der Waals surface area (Å²) >= 11 is 0. The van der Waals surface area contributed by atoms with Crippen molar-refractivity contribution in [3.8, 4) is 17.2 Å². The highest BCUT2D eigenvalue weighted by molar-refractivity contribution is 5.78. The highest BCUT2D eigenvalue weighted by Crippen LogP contribution is 2.52. The molecule has 2 atom stereocenters. The first-order valence-corrected chi connectivity index (χ1v) is 10.5. The quantitative estimate of drug-likeness (QED) is 0.664. The fourth-order valence-corrected chi connectivity index (χ4v) is 5.33. The zero-order chi connectivity index (χ0) is 20.6. The SMILES string of the molecule is Cc1ccc(Oc2ccc(OCC(=O)N3C[C@]4(C)C[C@H]3CC(C)(C)C4)cc2)cc1. The standard InChI is InChI=1S/C25H31NO3/c1-18-5-7-21(8-6-18)29-22-11-9-20(10-12-22)28-15-23(27)26-17-25(4)14-19(26)13-24(2,3)16-25/h5-12,19H,13-17H2,1-4H3/t19-,25-/m1/s1. The molecule has 0 spiro atoms. The molecular weight excluding hydrogens is 362 g/mol. The van der Waals surface area contributed by atoms with E-state index in [1.54, 1.807) is 0 Å². The highest BCUT2D eigenvalue weighted by atomic mass is 16.5. The van der Waals surface area contributed by atoms with Gasteiger partial charge in [-0.05, 0) is 73.4 Å². The van der Waals surface area contributed by atoms with Crippen LogP contribution < -0.4 is 9.47 Å². The predicted molar refractivity (Wildman–Crippen MR) is 114 cm³/mol. The van der Waals surface area contributed by atoms with Crippen molar-refractivity contribution in [3.05, 3.63) is 54.1 Å². The average Bonchev–Trinajstić information content (AvgIpc) is 2.91. The van der Waals surface area contributed by atoms with Gasteiger partial charge < -0.3 is 14.4 Å². The molecule has 2 aromatic carbocycles.